The molecule has 0 saturated heterocycles. The summed E-state index contributed by atoms with van der Waals surface area (Å²) in [7, 11) is 0. The van der Waals surface area contributed by atoms with Gasteiger partial charge in [-0.05, 0) is 101 Å². The predicted molar refractivity (Wildman–Crippen MR) is 157 cm³/mol. The van der Waals surface area contributed by atoms with Gasteiger partial charge in [-0.1, -0.05) is 111 Å². The summed E-state index contributed by atoms with van der Waals surface area (Å²) in [4.78, 5) is 0. The first-order chi connectivity index (χ1) is 16.2. The van der Waals surface area contributed by atoms with Crippen LogP contribution in [-0.2, 0) is 16.2 Å². The van der Waals surface area contributed by atoms with Gasteiger partial charge in [-0.25, -0.2) is 0 Å². The van der Waals surface area contributed by atoms with E-state index < -0.39 is 0 Å². The average molecular weight is 461 g/mol. The van der Waals surface area contributed by atoms with Crippen molar-refractivity contribution in [3.63, 3.8) is 0 Å². The van der Waals surface area contributed by atoms with Crippen LogP contribution in [0.2, 0.25) is 0 Å². The molecule has 0 unspecified atom stereocenters. The third-order valence-corrected chi connectivity index (χ3v) is 7.78. The maximum absolute atomic E-state index is 2.46. The molecule has 0 aliphatic carbocycles. The van der Waals surface area contributed by atoms with E-state index in [-0.39, 0.29) is 16.2 Å². The Bertz CT molecular complexity index is 1620. The van der Waals surface area contributed by atoms with Gasteiger partial charge in [0.25, 0.3) is 0 Å². The molecule has 5 rings (SSSR count). The highest BCUT2D eigenvalue weighted by molar-refractivity contribution is 6.29. The summed E-state index contributed by atoms with van der Waals surface area (Å²) in [6.07, 6.45) is 0. The lowest BCUT2D eigenvalue weighted by Crippen LogP contribution is -2.14. The van der Waals surface area contributed by atoms with Crippen molar-refractivity contribution in [3.8, 4) is 0 Å². The van der Waals surface area contributed by atoms with Crippen molar-refractivity contribution in [2.45, 2.75) is 85.5 Å². The van der Waals surface area contributed by atoms with Crippen LogP contribution in [-0.4, -0.2) is 0 Å². The molecule has 0 atom stereocenters. The van der Waals surface area contributed by atoms with E-state index >= 15 is 0 Å². The molecule has 35 heavy (non-hydrogen) atoms. The minimum atomic E-state index is 0.0471. The van der Waals surface area contributed by atoms with Crippen molar-refractivity contribution in [1.29, 1.82) is 0 Å². The van der Waals surface area contributed by atoms with E-state index in [4.69, 9.17) is 0 Å². The van der Waals surface area contributed by atoms with Crippen LogP contribution < -0.4 is 0 Å². The van der Waals surface area contributed by atoms with Crippen LogP contribution in [0.25, 0.3) is 43.1 Å². The topological polar surface area (TPSA) is 0 Å². The van der Waals surface area contributed by atoms with E-state index in [0.717, 1.165) is 0 Å². The fourth-order valence-corrected chi connectivity index (χ4v) is 5.76. The van der Waals surface area contributed by atoms with E-state index in [1.54, 1.807) is 0 Å². The molecule has 0 bridgehead atoms. The van der Waals surface area contributed by atoms with Gasteiger partial charge in [-0.15, -0.1) is 0 Å². The summed E-state index contributed by atoms with van der Waals surface area (Å²) in [6, 6.07) is 23.6. The molecule has 5 aromatic rings. The zero-order chi connectivity index (χ0) is 25.5. The van der Waals surface area contributed by atoms with Gasteiger partial charge < -0.3 is 0 Å². The van der Waals surface area contributed by atoms with Crippen LogP contribution in [0.4, 0.5) is 0 Å². The molecule has 5 aromatic carbocycles. The first-order valence-electron chi connectivity index (χ1n) is 13.0. The molecule has 0 N–H and O–H groups in total. The van der Waals surface area contributed by atoms with Crippen LogP contribution in [0.1, 0.15) is 84.6 Å². The second kappa shape index (κ2) is 7.57. The molecule has 180 valence electrons. The van der Waals surface area contributed by atoms with Crippen LogP contribution >= 0.6 is 0 Å². The van der Waals surface area contributed by atoms with E-state index in [0.29, 0.717) is 0 Å². The first kappa shape index (κ1) is 23.9. The summed E-state index contributed by atoms with van der Waals surface area (Å²) < 4.78 is 0. The molecule has 0 spiro atoms. The molecule has 0 nitrogen and oxygen atoms in total. The zero-order valence-corrected chi connectivity index (χ0v) is 23.3. The predicted octanol–water partition coefficient (Wildman–Crippen LogP) is 10.5. The van der Waals surface area contributed by atoms with Crippen LogP contribution in [0.15, 0.2) is 60.7 Å². The molecule has 0 radical (unpaired) electrons. The highest BCUT2D eigenvalue weighted by Gasteiger charge is 2.25. The molecule has 0 heteroatoms. The van der Waals surface area contributed by atoms with Crippen molar-refractivity contribution in [2.75, 3.05) is 0 Å². The Balaban J connectivity index is 2.17. The highest BCUT2D eigenvalue weighted by atomic mass is 14.3. The fourth-order valence-electron chi connectivity index (χ4n) is 5.76. The standard InChI is InChI=1S/C35H40/c1-21-11-18-28(34(5,6)7)31-25(21)16-17-26-29(35(8,9)10)19-23-13-12-22-14-15-24(33(2,3)4)20-27(22)30(23)32(26)31/h11-20H,1-10H3. The molecule has 0 saturated carbocycles. The Morgan fingerprint density at radius 1 is 0.429 bits per heavy atom. The lowest BCUT2D eigenvalue weighted by Gasteiger charge is -2.27. The number of benzene rings is 5. The Kier molecular flexibility index (Phi) is 5.16. The SMILES string of the molecule is Cc1ccc(C(C)(C)C)c2c1ccc1c(C(C)(C)C)cc3ccc4ccc(C(C)(C)C)cc4c3c12. The number of hydrogen-bond acceptors (Lipinski definition) is 0. The molecule has 0 heterocycles. The molecule has 0 aromatic heterocycles. The zero-order valence-electron chi connectivity index (χ0n) is 23.3. The monoisotopic (exact) mass is 460 g/mol. The Morgan fingerprint density at radius 3 is 1.66 bits per heavy atom. The minimum Gasteiger partial charge on any atom is -0.0584 e. The highest BCUT2D eigenvalue weighted by Crippen LogP contribution is 2.45. The van der Waals surface area contributed by atoms with Gasteiger partial charge in [-0.3, -0.25) is 0 Å². The largest absolute Gasteiger partial charge is 0.0584 e. The third kappa shape index (κ3) is 3.83. The van der Waals surface area contributed by atoms with Crippen molar-refractivity contribution in [1.82, 2.24) is 0 Å². The first-order valence-corrected chi connectivity index (χ1v) is 13.0. The van der Waals surface area contributed by atoms with Gasteiger partial charge in [0.2, 0.25) is 0 Å². The summed E-state index contributed by atoms with van der Waals surface area (Å²) in [5.41, 5.74) is 5.79. The molecule has 0 fully saturated rings. The number of rotatable bonds is 0. The van der Waals surface area contributed by atoms with Crippen molar-refractivity contribution in [3.05, 3.63) is 82.9 Å². The lowest BCUT2D eigenvalue weighted by atomic mass is 9.76. The molecule has 0 amide bonds. The normalized spacial score (nSPS) is 13.4. The molecular weight excluding hydrogens is 420 g/mol. The van der Waals surface area contributed by atoms with E-state index in [1.165, 1.54) is 65.3 Å². The summed E-state index contributed by atoms with van der Waals surface area (Å²) in [5.74, 6) is 0. The van der Waals surface area contributed by atoms with Crippen molar-refractivity contribution >= 4 is 43.1 Å². The second-order valence-corrected chi connectivity index (χ2v) is 13.6. The smallest absolute Gasteiger partial charge is 0.00145 e. The maximum Gasteiger partial charge on any atom is -0.00145 e. The Labute approximate surface area is 211 Å². The average Bonchev–Trinajstić information content (AvgIpc) is 2.75. The third-order valence-electron chi connectivity index (χ3n) is 7.78. The van der Waals surface area contributed by atoms with Gasteiger partial charge in [0.05, 0.1) is 0 Å². The number of hydrogen-bond donors (Lipinski definition) is 0. The number of aryl methyl sites for hydroxylation is 1. The molecular formula is C35H40. The second-order valence-electron chi connectivity index (χ2n) is 13.6. The van der Waals surface area contributed by atoms with Crippen molar-refractivity contribution < 1.29 is 0 Å². The fraction of sp³-hybridized carbons (Fsp3) is 0.371. The van der Waals surface area contributed by atoms with Crippen LogP contribution in [0.3, 0.4) is 0 Å². The van der Waals surface area contributed by atoms with Gasteiger partial charge >= 0.3 is 0 Å². The molecule has 0 aliphatic heterocycles. The number of fused-ring (bicyclic) bond motifs is 7. The van der Waals surface area contributed by atoms with E-state index in [1.807, 2.05) is 0 Å². The van der Waals surface area contributed by atoms with E-state index in [9.17, 15) is 0 Å². The van der Waals surface area contributed by atoms with Gasteiger partial charge in [-0.2, -0.15) is 0 Å². The Hall–Kier alpha value is -2.86. The quantitative estimate of drug-likeness (QED) is 0.202. The summed E-state index contributed by atoms with van der Waals surface area (Å²) >= 11 is 0. The maximum atomic E-state index is 2.46. The minimum absolute atomic E-state index is 0.0471. The van der Waals surface area contributed by atoms with Crippen LogP contribution in [0.5, 0.6) is 0 Å². The summed E-state index contributed by atoms with van der Waals surface area (Å²) in [5, 5.41) is 11.1. The van der Waals surface area contributed by atoms with Gasteiger partial charge in [0.15, 0.2) is 0 Å². The lowest BCUT2D eigenvalue weighted by molar-refractivity contribution is 0.591. The van der Waals surface area contributed by atoms with Crippen molar-refractivity contribution in [2.24, 2.45) is 0 Å². The Morgan fingerprint density at radius 2 is 1.03 bits per heavy atom. The molecule has 0 aliphatic rings. The van der Waals surface area contributed by atoms with E-state index in [2.05, 4.69) is 130 Å². The summed E-state index contributed by atoms with van der Waals surface area (Å²) in [6.45, 7) is 23.3. The van der Waals surface area contributed by atoms with Crippen LogP contribution in [0, 0.1) is 6.92 Å². The van der Waals surface area contributed by atoms with Gasteiger partial charge in [0, 0.05) is 0 Å². The van der Waals surface area contributed by atoms with Gasteiger partial charge in [0.1, 0.15) is 0 Å².